The van der Waals surface area contributed by atoms with Gasteiger partial charge >= 0.3 is 0 Å². The van der Waals surface area contributed by atoms with Crippen molar-refractivity contribution in [1.29, 1.82) is 0 Å². The molecule has 1 nitrogen and oxygen atoms in total. The first-order valence-corrected chi connectivity index (χ1v) is 7.17. The first kappa shape index (κ1) is 14.2. The average molecular weight is 286 g/mol. The zero-order chi connectivity index (χ0) is 13.6. The Hall–Kier alpha value is -0.240. The van der Waals surface area contributed by atoms with Crippen molar-refractivity contribution in [3.63, 3.8) is 0 Å². The minimum atomic E-state index is 0.429. The molecule has 0 heterocycles. The number of nitrogens with one attached hydrogen (secondary N) is 1. The van der Waals surface area contributed by atoms with E-state index in [2.05, 4.69) is 33.0 Å². The first-order chi connectivity index (χ1) is 8.26. The lowest BCUT2D eigenvalue weighted by Crippen LogP contribution is -2.19. The Morgan fingerprint density at radius 3 is 2.28 bits per heavy atom. The largest absolute Gasteiger partial charge is 0.312 e. The highest BCUT2D eigenvalue weighted by atomic mass is 35.5. The Bertz CT molecular complexity index is 438. The van der Waals surface area contributed by atoms with Gasteiger partial charge in [-0.2, -0.15) is 0 Å². The molecule has 100 valence electrons. The van der Waals surface area contributed by atoms with Gasteiger partial charge in [0.1, 0.15) is 0 Å². The Morgan fingerprint density at radius 1 is 1.11 bits per heavy atom. The molecule has 2 rings (SSSR count). The van der Waals surface area contributed by atoms with Crippen LogP contribution in [-0.4, -0.2) is 6.54 Å². The first-order valence-electron chi connectivity index (χ1n) is 6.41. The van der Waals surface area contributed by atoms with Crippen LogP contribution >= 0.6 is 23.2 Å². The summed E-state index contributed by atoms with van der Waals surface area (Å²) in [4.78, 5) is 0. The molecule has 1 aliphatic rings. The highest BCUT2D eigenvalue weighted by Gasteiger charge is 2.63. The van der Waals surface area contributed by atoms with E-state index in [1.807, 2.05) is 18.2 Å². The second-order valence-corrected chi connectivity index (χ2v) is 7.21. The number of rotatable bonds is 4. The summed E-state index contributed by atoms with van der Waals surface area (Å²) in [5.74, 6) is 0.725. The van der Waals surface area contributed by atoms with E-state index in [0.717, 1.165) is 34.6 Å². The normalized spacial score (nSPS) is 21.0. The monoisotopic (exact) mass is 285 g/mol. The van der Waals surface area contributed by atoms with Crippen molar-refractivity contribution in [2.24, 2.45) is 16.7 Å². The lowest BCUT2D eigenvalue weighted by atomic mass is 10.0. The smallest absolute Gasteiger partial charge is 0.0451 e. The van der Waals surface area contributed by atoms with Gasteiger partial charge in [-0.25, -0.2) is 0 Å². The summed E-state index contributed by atoms with van der Waals surface area (Å²) < 4.78 is 0. The van der Waals surface area contributed by atoms with Crippen molar-refractivity contribution >= 4 is 23.2 Å². The van der Waals surface area contributed by atoms with E-state index >= 15 is 0 Å². The molecule has 18 heavy (non-hydrogen) atoms. The zero-order valence-corrected chi connectivity index (χ0v) is 13.0. The summed E-state index contributed by atoms with van der Waals surface area (Å²) in [7, 11) is 0. The van der Waals surface area contributed by atoms with Gasteiger partial charge in [-0.3, -0.25) is 0 Å². The van der Waals surface area contributed by atoms with Crippen LogP contribution in [0.1, 0.15) is 33.3 Å². The highest BCUT2D eigenvalue weighted by Crippen LogP contribution is 2.67. The third-order valence-corrected chi connectivity index (χ3v) is 5.60. The maximum atomic E-state index is 6.14. The molecule has 1 aromatic carbocycles. The minimum Gasteiger partial charge on any atom is -0.312 e. The Balaban J connectivity index is 1.89. The van der Waals surface area contributed by atoms with Gasteiger partial charge in [0.2, 0.25) is 0 Å². The Morgan fingerprint density at radius 2 is 1.72 bits per heavy atom. The molecule has 0 atom stereocenters. The van der Waals surface area contributed by atoms with Crippen LogP contribution in [-0.2, 0) is 6.54 Å². The van der Waals surface area contributed by atoms with Crippen molar-refractivity contribution < 1.29 is 0 Å². The molecular weight excluding hydrogens is 265 g/mol. The minimum absolute atomic E-state index is 0.429. The van der Waals surface area contributed by atoms with Gasteiger partial charge < -0.3 is 5.32 Å². The molecule has 1 aliphatic carbocycles. The fourth-order valence-electron chi connectivity index (χ4n) is 2.87. The van der Waals surface area contributed by atoms with Crippen LogP contribution in [0, 0.1) is 16.7 Å². The predicted octanol–water partition coefficient (Wildman–Crippen LogP) is 4.77. The summed E-state index contributed by atoms with van der Waals surface area (Å²) in [5.41, 5.74) is 1.93. The van der Waals surface area contributed by atoms with Gasteiger partial charge in [0.25, 0.3) is 0 Å². The van der Waals surface area contributed by atoms with Crippen LogP contribution in [0.25, 0.3) is 0 Å². The Kier molecular flexibility index (Phi) is 3.70. The van der Waals surface area contributed by atoms with Gasteiger partial charge in [0, 0.05) is 16.6 Å². The molecule has 0 bridgehead atoms. The molecule has 0 aliphatic heterocycles. The van der Waals surface area contributed by atoms with Crippen molar-refractivity contribution in [2.45, 2.75) is 34.2 Å². The van der Waals surface area contributed by atoms with Gasteiger partial charge in [-0.05, 0) is 47.1 Å². The van der Waals surface area contributed by atoms with Gasteiger partial charge in [-0.15, -0.1) is 0 Å². The maximum Gasteiger partial charge on any atom is 0.0451 e. The molecule has 0 unspecified atom stereocenters. The summed E-state index contributed by atoms with van der Waals surface area (Å²) >= 11 is 12.1. The zero-order valence-electron chi connectivity index (χ0n) is 11.5. The molecule has 0 spiro atoms. The van der Waals surface area contributed by atoms with E-state index < -0.39 is 0 Å². The number of benzene rings is 1. The number of hydrogen-bond acceptors (Lipinski definition) is 1. The molecule has 0 aromatic heterocycles. The number of hydrogen-bond donors (Lipinski definition) is 1. The lowest BCUT2D eigenvalue weighted by Gasteiger charge is -2.08. The van der Waals surface area contributed by atoms with E-state index in [0.29, 0.717) is 10.8 Å². The van der Waals surface area contributed by atoms with E-state index in [-0.39, 0.29) is 0 Å². The van der Waals surface area contributed by atoms with Crippen LogP contribution in [0.15, 0.2) is 18.2 Å². The van der Waals surface area contributed by atoms with E-state index in [1.165, 1.54) is 0 Å². The average Bonchev–Trinajstić information content (AvgIpc) is 2.65. The Labute approximate surface area is 120 Å². The fraction of sp³-hybridized carbons (Fsp3) is 0.600. The topological polar surface area (TPSA) is 12.0 Å². The van der Waals surface area contributed by atoms with E-state index in [9.17, 15) is 0 Å². The molecule has 0 radical (unpaired) electrons. The van der Waals surface area contributed by atoms with E-state index in [4.69, 9.17) is 23.2 Å². The number of halogens is 2. The summed E-state index contributed by atoms with van der Waals surface area (Å²) in [6, 6.07) is 5.60. The van der Waals surface area contributed by atoms with Crippen LogP contribution in [0.3, 0.4) is 0 Å². The quantitative estimate of drug-likeness (QED) is 0.841. The van der Waals surface area contributed by atoms with Crippen molar-refractivity contribution in [3.8, 4) is 0 Å². The maximum absolute atomic E-state index is 6.14. The second-order valence-electron chi connectivity index (χ2n) is 6.36. The second kappa shape index (κ2) is 4.70. The molecule has 1 aromatic rings. The molecule has 0 amide bonds. The van der Waals surface area contributed by atoms with Crippen LogP contribution in [0.4, 0.5) is 0 Å². The summed E-state index contributed by atoms with van der Waals surface area (Å²) in [6.45, 7) is 11.2. The predicted molar refractivity (Wildman–Crippen MR) is 79.2 cm³/mol. The molecule has 1 N–H and O–H groups in total. The molecule has 1 saturated carbocycles. The van der Waals surface area contributed by atoms with Crippen molar-refractivity contribution in [1.82, 2.24) is 5.32 Å². The highest BCUT2D eigenvalue weighted by molar-refractivity contribution is 6.33. The molecule has 1 fully saturated rings. The van der Waals surface area contributed by atoms with Gasteiger partial charge in [-0.1, -0.05) is 50.9 Å². The molecule has 0 saturated heterocycles. The van der Waals surface area contributed by atoms with Gasteiger partial charge in [0.15, 0.2) is 0 Å². The SMILES string of the molecule is CC1(C)C(CNCc2cc(Cl)ccc2Cl)C1(C)C. The fourth-order valence-corrected chi connectivity index (χ4v) is 3.25. The lowest BCUT2D eigenvalue weighted by molar-refractivity contribution is 0.457. The molecular formula is C15H21Cl2N. The third kappa shape index (κ3) is 2.41. The van der Waals surface area contributed by atoms with Crippen LogP contribution in [0.2, 0.25) is 10.0 Å². The summed E-state index contributed by atoms with van der Waals surface area (Å²) in [5, 5.41) is 5.02. The van der Waals surface area contributed by atoms with Gasteiger partial charge in [0.05, 0.1) is 0 Å². The molecule has 3 heteroatoms. The van der Waals surface area contributed by atoms with Crippen LogP contribution in [0.5, 0.6) is 0 Å². The summed E-state index contributed by atoms with van der Waals surface area (Å²) in [6.07, 6.45) is 0. The van der Waals surface area contributed by atoms with E-state index in [1.54, 1.807) is 0 Å². The van der Waals surface area contributed by atoms with Crippen LogP contribution < -0.4 is 5.32 Å². The van der Waals surface area contributed by atoms with Crippen molar-refractivity contribution in [2.75, 3.05) is 6.54 Å². The standard InChI is InChI=1S/C15H21Cl2N/c1-14(2)13(15(14,3)4)9-18-8-10-7-11(16)5-6-12(10)17/h5-7,13,18H,8-9H2,1-4H3. The third-order valence-electron chi connectivity index (χ3n) is 4.99. The van der Waals surface area contributed by atoms with Crippen molar-refractivity contribution in [3.05, 3.63) is 33.8 Å².